The molecular formula is C28H21N4Na3O11S4. The van der Waals surface area contributed by atoms with Gasteiger partial charge in [0.05, 0.1) is 36.7 Å². The molecule has 5 rings (SSSR count). The zero-order valence-corrected chi connectivity index (χ0v) is 36.3. The van der Waals surface area contributed by atoms with Crippen molar-refractivity contribution < 1.29 is 137 Å². The number of nitrogens with one attached hydrogen (secondary N) is 1. The Hall–Kier alpha value is -1.21. The fraction of sp³-hybridized carbons (Fsp3) is 0.143. The molecule has 4 aromatic carbocycles. The van der Waals surface area contributed by atoms with Crippen LogP contribution in [-0.4, -0.2) is 67.1 Å². The number of aliphatic hydroxyl groups excluding tert-OH is 1. The molecule has 0 radical (unpaired) electrons. The van der Waals surface area contributed by atoms with Crippen LogP contribution in [0.4, 0.5) is 11.4 Å². The third kappa shape index (κ3) is 9.85. The predicted molar refractivity (Wildman–Crippen MR) is 166 cm³/mol. The molecule has 0 aliphatic rings. The van der Waals surface area contributed by atoms with E-state index < -0.39 is 63.1 Å². The number of aliphatic hydroxyl groups is 1. The first-order chi connectivity index (χ1) is 21.9. The zero-order valence-electron chi connectivity index (χ0n) is 27.0. The van der Waals surface area contributed by atoms with Crippen LogP contribution in [0.1, 0.15) is 12.5 Å². The van der Waals surface area contributed by atoms with E-state index in [1.807, 2.05) is 0 Å². The number of benzene rings is 4. The fourth-order valence-electron chi connectivity index (χ4n) is 4.75. The first-order valence-corrected chi connectivity index (χ1v) is 18.2. The average Bonchev–Trinajstić information content (AvgIpc) is 3.39. The minimum atomic E-state index is -5.19. The Kier molecular flexibility index (Phi) is 15.5. The Balaban J connectivity index is 0.00000289. The summed E-state index contributed by atoms with van der Waals surface area (Å²) >= 11 is 0.700. The van der Waals surface area contributed by atoms with Gasteiger partial charge in [0.1, 0.15) is 35.4 Å². The van der Waals surface area contributed by atoms with Crippen LogP contribution in [0.2, 0.25) is 0 Å². The minimum absolute atomic E-state index is 0. The van der Waals surface area contributed by atoms with Crippen molar-refractivity contribution in [3.05, 3.63) is 72.3 Å². The van der Waals surface area contributed by atoms with Gasteiger partial charge in [0.15, 0.2) is 6.04 Å². The molecule has 1 amide bonds. The van der Waals surface area contributed by atoms with E-state index in [-0.39, 0.29) is 137 Å². The van der Waals surface area contributed by atoms with E-state index in [4.69, 9.17) is 0 Å². The summed E-state index contributed by atoms with van der Waals surface area (Å²) in [7, 11) is -14.9. The molecule has 2 unspecified atom stereocenters. The maximum atomic E-state index is 13.2. The zero-order chi connectivity index (χ0) is 34.5. The number of hydrogen-bond acceptors (Lipinski definition) is 15. The molecule has 0 aliphatic carbocycles. The molecule has 0 aliphatic heterocycles. The Morgan fingerprint density at radius 2 is 1.46 bits per heavy atom. The Morgan fingerprint density at radius 3 is 2.04 bits per heavy atom. The van der Waals surface area contributed by atoms with E-state index in [2.05, 4.69) is 20.5 Å². The Labute approximate surface area is 357 Å². The monoisotopic (exact) mass is 786 g/mol. The fourth-order valence-corrected chi connectivity index (χ4v) is 8.52. The molecule has 246 valence electrons. The van der Waals surface area contributed by atoms with Crippen LogP contribution in [-0.2, 0) is 35.1 Å². The van der Waals surface area contributed by atoms with Crippen LogP contribution in [0.5, 0.6) is 0 Å². The van der Waals surface area contributed by atoms with Gasteiger partial charge in [-0.05, 0) is 55.8 Å². The van der Waals surface area contributed by atoms with Crippen molar-refractivity contribution >= 4 is 80.0 Å². The quantitative estimate of drug-likeness (QED) is 0.0807. The van der Waals surface area contributed by atoms with Crippen molar-refractivity contribution in [1.82, 2.24) is 4.98 Å². The molecule has 0 saturated carbocycles. The standard InChI is InChI=1S/C28H24N4O11S4.3Na/c1-14-7-10-21-25(26(14)47(41,42)43)44-28(30-21)19-9-8-16(13-23(19)46(38,39)40)31-32-24(15(2)33)27(34)29-20-11-12-22(45(35,36)37)18-6-4-3-5-17(18)20;;;/h3-13,15,24,33H,1-2H3,(H,29,34)(H,35,36,37)(H,38,39,40)(H,41,42,43);;;/q;3*+1/p-3. The number of aryl methyl sites for hydroxylation is 1. The van der Waals surface area contributed by atoms with Gasteiger partial charge in [-0.3, -0.25) is 4.79 Å². The average molecular weight is 787 g/mol. The van der Waals surface area contributed by atoms with E-state index in [1.54, 1.807) is 6.07 Å². The summed E-state index contributed by atoms with van der Waals surface area (Å²) in [5.74, 6) is -0.895. The second-order valence-corrected chi connectivity index (χ2v) is 15.2. The molecule has 0 spiro atoms. The van der Waals surface area contributed by atoms with Crippen molar-refractivity contribution in [1.29, 1.82) is 0 Å². The Bertz CT molecular complexity index is 2460. The summed E-state index contributed by atoms with van der Waals surface area (Å²) in [5, 5.41) is 20.7. The van der Waals surface area contributed by atoms with Crippen LogP contribution >= 0.6 is 11.3 Å². The molecule has 0 fully saturated rings. The number of thiazole rings is 1. The first-order valence-electron chi connectivity index (χ1n) is 13.2. The number of nitrogens with zero attached hydrogens (tertiary/aromatic N) is 3. The molecule has 2 N–H and O–H groups in total. The molecule has 5 aromatic rings. The number of fused-ring (bicyclic) bond motifs is 2. The van der Waals surface area contributed by atoms with Crippen molar-refractivity contribution in [2.24, 2.45) is 10.2 Å². The second-order valence-electron chi connectivity index (χ2n) is 10.2. The van der Waals surface area contributed by atoms with Crippen molar-refractivity contribution in [2.45, 2.75) is 40.7 Å². The number of anilines is 1. The number of azo groups is 1. The molecule has 22 heteroatoms. The number of carbonyl (C=O) groups is 1. The minimum Gasteiger partial charge on any atom is -0.744 e. The van der Waals surface area contributed by atoms with E-state index in [9.17, 15) is 48.8 Å². The first kappa shape index (κ1) is 44.9. The molecule has 1 heterocycles. The summed E-state index contributed by atoms with van der Waals surface area (Å²) in [5.41, 5.74) is -0.0654. The molecule has 1 aromatic heterocycles. The maximum Gasteiger partial charge on any atom is 1.00 e. The number of amides is 1. The van der Waals surface area contributed by atoms with Gasteiger partial charge in [0.25, 0.3) is 5.91 Å². The third-order valence-electron chi connectivity index (χ3n) is 6.86. The predicted octanol–water partition coefficient (Wildman–Crippen LogP) is -5.38. The molecule has 0 bridgehead atoms. The van der Waals surface area contributed by atoms with Crippen LogP contribution in [0.25, 0.3) is 31.6 Å². The van der Waals surface area contributed by atoms with Crippen molar-refractivity contribution in [3.8, 4) is 10.6 Å². The molecule has 15 nitrogen and oxygen atoms in total. The van der Waals surface area contributed by atoms with Gasteiger partial charge in [0.2, 0.25) is 0 Å². The summed E-state index contributed by atoms with van der Waals surface area (Å²) in [6.45, 7) is 2.65. The SMILES string of the molecule is Cc1ccc2nc(-c3ccc(N=NC(C(=O)Nc4ccc(S(=O)(=O)[O-])c5ccccc45)C(C)O)cc3S(=O)(=O)[O-])sc2c1S(=O)(=O)[O-].[Na+].[Na+].[Na+]. The number of carbonyl (C=O) groups excluding carboxylic acids is 1. The van der Waals surface area contributed by atoms with Crippen molar-refractivity contribution in [3.63, 3.8) is 0 Å². The van der Waals surface area contributed by atoms with Gasteiger partial charge in [-0.15, -0.1) is 11.3 Å². The van der Waals surface area contributed by atoms with Gasteiger partial charge < -0.3 is 24.1 Å². The van der Waals surface area contributed by atoms with Crippen molar-refractivity contribution in [2.75, 3.05) is 5.32 Å². The summed E-state index contributed by atoms with van der Waals surface area (Å²) in [4.78, 5) is 15.6. The Morgan fingerprint density at radius 1 is 0.840 bits per heavy atom. The van der Waals surface area contributed by atoms with Crippen LogP contribution in [0.3, 0.4) is 0 Å². The van der Waals surface area contributed by atoms with Gasteiger partial charge in [-0.25, -0.2) is 30.2 Å². The number of aromatic nitrogens is 1. The molecule has 2 atom stereocenters. The summed E-state index contributed by atoms with van der Waals surface area (Å²) in [6.07, 6.45) is -1.44. The van der Waals surface area contributed by atoms with Crippen LogP contribution < -0.4 is 94.0 Å². The van der Waals surface area contributed by atoms with E-state index in [1.165, 1.54) is 62.4 Å². The van der Waals surface area contributed by atoms with Gasteiger partial charge in [-0.2, -0.15) is 10.2 Å². The number of rotatable bonds is 9. The molecular weight excluding hydrogens is 766 g/mol. The smallest absolute Gasteiger partial charge is 0.744 e. The van der Waals surface area contributed by atoms with Gasteiger partial charge in [-0.1, -0.05) is 30.3 Å². The third-order valence-corrected chi connectivity index (χ3v) is 10.9. The van der Waals surface area contributed by atoms with E-state index in [0.717, 1.165) is 12.1 Å². The van der Waals surface area contributed by atoms with Crippen LogP contribution in [0.15, 0.2) is 91.6 Å². The summed E-state index contributed by atoms with van der Waals surface area (Å²) in [6, 6.07) is 12.6. The molecule has 0 saturated heterocycles. The van der Waals surface area contributed by atoms with E-state index in [0.29, 0.717) is 11.3 Å². The molecule has 50 heavy (non-hydrogen) atoms. The maximum absolute atomic E-state index is 13.2. The second kappa shape index (κ2) is 17.3. The summed E-state index contributed by atoms with van der Waals surface area (Å²) < 4.78 is 108. The van der Waals surface area contributed by atoms with Gasteiger partial charge in [0, 0.05) is 22.0 Å². The van der Waals surface area contributed by atoms with E-state index >= 15 is 0 Å². The van der Waals surface area contributed by atoms with Gasteiger partial charge >= 0.3 is 88.7 Å². The largest absolute Gasteiger partial charge is 1.00 e. The topological polar surface area (TPSA) is 259 Å². The number of hydrogen-bond donors (Lipinski definition) is 2. The van der Waals surface area contributed by atoms with Crippen LogP contribution in [0, 0.1) is 6.92 Å². The normalized spacial score (nSPS) is 13.2.